The Morgan fingerprint density at radius 1 is 0.897 bits per heavy atom. The molecule has 0 aromatic heterocycles. The minimum absolute atomic E-state index is 0.0647. The summed E-state index contributed by atoms with van der Waals surface area (Å²) in [5, 5.41) is 0. The summed E-state index contributed by atoms with van der Waals surface area (Å²) in [5.74, 6) is -0.181. The fraction of sp³-hybridized carbons (Fsp3) is 0.167. The van der Waals surface area contributed by atoms with Crippen LogP contribution in [0.2, 0.25) is 0 Å². The van der Waals surface area contributed by atoms with E-state index >= 15 is 0 Å². The average Bonchev–Trinajstić information content (AvgIpc) is 2.76. The summed E-state index contributed by atoms with van der Waals surface area (Å²) in [4.78, 5) is 29.6. The third-order valence-electron chi connectivity index (χ3n) is 5.29. The minimum atomic E-state index is -0.524. The highest BCUT2D eigenvalue weighted by atomic mass is 79.9. The Balaban J connectivity index is 1.60. The van der Waals surface area contributed by atoms with Crippen LogP contribution >= 0.6 is 15.9 Å². The summed E-state index contributed by atoms with van der Waals surface area (Å²) in [6.07, 6.45) is 0. The predicted octanol–water partition coefficient (Wildman–Crippen LogP) is 4.99. The number of para-hydroxylation sites is 1. The van der Waals surface area contributed by atoms with Crippen LogP contribution in [-0.4, -0.2) is 35.8 Å². The number of carbonyl (C=O) groups is 2. The second-order valence-electron chi connectivity index (χ2n) is 7.05. The monoisotopic (exact) mass is 448 g/mol. The van der Waals surface area contributed by atoms with Crippen LogP contribution in [0.15, 0.2) is 83.3 Å². The molecule has 1 fully saturated rings. The van der Waals surface area contributed by atoms with Gasteiger partial charge in [-0.1, -0.05) is 64.5 Å². The molecule has 1 saturated heterocycles. The van der Waals surface area contributed by atoms with E-state index in [1.54, 1.807) is 28.9 Å². The molecule has 0 bridgehead atoms. The zero-order chi connectivity index (χ0) is 20.4. The van der Waals surface area contributed by atoms with Crippen molar-refractivity contribution in [3.63, 3.8) is 0 Å². The van der Waals surface area contributed by atoms with E-state index in [0.29, 0.717) is 18.7 Å². The number of hydrogen-bond acceptors (Lipinski definition) is 2. The molecule has 4 nitrogen and oxygen atoms in total. The van der Waals surface area contributed by atoms with Gasteiger partial charge < -0.3 is 9.80 Å². The first kappa shape index (κ1) is 19.4. The maximum atomic E-state index is 13.2. The summed E-state index contributed by atoms with van der Waals surface area (Å²) >= 11 is 3.39. The zero-order valence-corrected chi connectivity index (χ0v) is 17.7. The average molecular weight is 449 g/mol. The van der Waals surface area contributed by atoms with Gasteiger partial charge in [0, 0.05) is 28.7 Å². The van der Waals surface area contributed by atoms with Crippen LogP contribution in [-0.2, 0) is 4.79 Å². The van der Waals surface area contributed by atoms with Gasteiger partial charge in [-0.3, -0.25) is 9.59 Å². The molecule has 2 amide bonds. The van der Waals surface area contributed by atoms with Gasteiger partial charge in [0.25, 0.3) is 5.91 Å². The molecule has 0 aliphatic carbocycles. The summed E-state index contributed by atoms with van der Waals surface area (Å²) in [6.45, 7) is 2.76. The summed E-state index contributed by atoms with van der Waals surface area (Å²) < 4.78 is 0.917. The van der Waals surface area contributed by atoms with Crippen molar-refractivity contribution in [2.45, 2.75) is 13.0 Å². The molecule has 1 atom stereocenters. The topological polar surface area (TPSA) is 40.6 Å². The molecule has 0 radical (unpaired) electrons. The first-order valence-electron chi connectivity index (χ1n) is 9.58. The van der Waals surface area contributed by atoms with E-state index in [0.717, 1.165) is 21.3 Å². The summed E-state index contributed by atoms with van der Waals surface area (Å²) in [5.41, 5.74) is 3.55. The quantitative estimate of drug-likeness (QED) is 0.565. The summed E-state index contributed by atoms with van der Waals surface area (Å²) in [6, 6.07) is 24.7. The molecule has 0 N–H and O–H groups in total. The van der Waals surface area contributed by atoms with Crippen molar-refractivity contribution in [3.05, 3.63) is 88.9 Å². The number of hydrogen-bond donors (Lipinski definition) is 0. The molecule has 4 rings (SSSR count). The maximum Gasteiger partial charge on any atom is 0.254 e. The lowest BCUT2D eigenvalue weighted by atomic mass is 10.0. The first-order chi connectivity index (χ1) is 14.1. The SMILES string of the molecule is CC1C(=O)N(c2ccccc2-c2ccccc2)CCN1C(=O)c1ccc(Br)cc1. The number of halogens is 1. The highest BCUT2D eigenvalue weighted by Gasteiger charge is 2.36. The third-order valence-corrected chi connectivity index (χ3v) is 5.82. The number of benzene rings is 3. The van der Waals surface area contributed by atoms with Crippen molar-refractivity contribution >= 4 is 33.4 Å². The number of piperazine rings is 1. The van der Waals surface area contributed by atoms with Crippen molar-refractivity contribution < 1.29 is 9.59 Å². The van der Waals surface area contributed by atoms with Gasteiger partial charge in [-0.05, 0) is 42.8 Å². The third kappa shape index (κ3) is 3.83. The second-order valence-corrected chi connectivity index (χ2v) is 7.97. The molecular weight excluding hydrogens is 428 g/mol. The van der Waals surface area contributed by atoms with Crippen LogP contribution in [0, 0.1) is 0 Å². The fourth-order valence-corrected chi connectivity index (χ4v) is 3.98. The van der Waals surface area contributed by atoms with E-state index in [2.05, 4.69) is 15.9 Å². The number of nitrogens with zero attached hydrogens (tertiary/aromatic N) is 2. The molecular formula is C24H21BrN2O2. The van der Waals surface area contributed by atoms with Crippen LogP contribution in [0.4, 0.5) is 5.69 Å². The second kappa shape index (κ2) is 8.21. The molecule has 1 aliphatic rings. The fourth-order valence-electron chi connectivity index (χ4n) is 3.72. The Hall–Kier alpha value is -2.92. The number of anilines is 1. The van der Waals surface area contributed by atoms with Crippen molar-refractivity contribution in [2.75, 3.05) is 18.0 Å². The Morgan fingerprint density at radius 3 is 2.28 bits per heavy atom. The summed E-state index contributed by atoms with van der Waals surface area (Å²) in [7, 11) is 0. The molecule has 5 heteroatoms. The lowest BCUT2D eigenvalue weighted by molar-refractivity contribution is -0.124. The normalized spacial score (nSPS) is 16.8. The van der Waals surface area contributed by atoms with Crippen LogP contribution in [0.25, 0.3) is 11.1 Å². The first-order valence-corrected chi connectivity index (χ1v) is 10.4. The number of rotatable bonds is 3. The molecule has 3 aromatic carbocycles. The Bertz CT molecular complexity index is 1030. The standard InChI is InChI=1S/C24H21BrN2O2/c1-17-23(28)27(16-15-26(17)24(29)19-11-13-20(25)14-12-19)22-10-6-5-9-21(22)18-7-3-2-4-8-18/h2-14,17H,15-16H2,1H3. The van der Waals surface area contributed by atoms with Gasteiger partial charge in [0.1, 0.15) is 6.04 Å². The molecule has 29 heavy (non-hydrogen) atoms. The van der Waals surface area contributed by atoms with E-state index in [9.17, 15) is 9.59 Å². The highest BCUT2D eigenvalue weighted by Crippen LogP contribution is 2.32. The number of amides is 2. The maximum absolute atomic E-state index is 13.2. The minimum Gasteiger partial charge on any atom is -0.325 e. The predicted molar refractivity (Wildman–Crippen MR) is 119 cm³/mol. The van der Waals surface area contributed by atoms with Gasteiger partial charge in [-0.25, -0.2) is 0 Å². The van der Waals surface area contributed by atoms with Crippen molar-refractivity contribution in [1.82, 2.24) is 4.90 Å². The van der Waals surface area contributed by atoms with E-state index in [1.165, 1.54) is 0 Å². The van der Waals surface area contributed by atoms with Gasteiger partial charge in [-0.15, -0.1) is 0 Å². The van der Waals surface area contributed by atoms with E-state index in [1.807, 2.05) is 66.7 Å². The molecule has 1 unspecified atom stereocenters. The largest absolute Gasteiger partial charge is 0.325 e. The molecule has 1 aliphatic heterocycles. The van der Waals surface area contributed by atoms with Gasteiger partial charge in [0.15, 0.2) is 0 Å². The van der Waals surface area contributed by atoms with Crippen molar-refractivity contribution in [3.8, 4) is 11.1 Å². The number of carbonyl (C=O) groups excluding carboxylic acids is 2. The van der Waals surface area contributed by atoms with E-state index in [-0.39, 0.29) is 11.8 Å². The zero-order valence-electron chi connectivity index (χ0n) is 16.1. The Kier molecular flexibility index (Phi) is 5.49. The van der Waals surface area contributed by atoms with E-state index < -0.39 is 6.04 Å². The lowest BCUT2D eigenvalue weighted by Gasteiger charge is -2.39. The van der Waals surface area contributed by atoms with Crippen LogP contribution in [0.5, 0.6) is 0 Å². The van der Waals surface area contributed by atoms with Crippen molar-refractivity contribution in [2.24, 2.45) is 0 Å². The van der Waals surface area contributed by atoms with Crippen molar-refractivity contribution in [1.29, 1.82) is 0 Å². The molecule has 0 spiro atoms. The Morgan fingerprint density at radius 2 is 1.55 bits per heavy atom. The molecule has 1 heterocycles. The van der Waals surface area contributed by atoms with Gasteiger partial charge in [0.05, 0.1) is 5.69 Å². The molecule has 146 valence electrons. The van der Waals surface area contributed by atoms with Crippen LogP contribution in [0.3, 0.4) is 0 Å². The van der Waals surface area contributed by atoms with Gasteiger partial charge >= 0.3 is 0 Å². The molecule has 0 saturated carbocycles. The Labute approximate surface area is 178 Å². The van der Waals surface area contributed by atoms with Crippen LogP contribution in [0.1, 0.15) is 17.3 Å². The smallest absolute Gasteiger partial charge is 0.254 e. The lowest BCUT2D eigenvalue weighted by Crippen LogP contribution is -2.57. The van der Waals surface area contributed by atoms with Gasteiger partial charge in [0.2, 0.25) is 5.91 Å². The van der Waals surface area contributed by atoms with Gasteiger partial charge in [-0.2, -0.15) is 0 Å². The highest BCUT2D eigenvalue weighted by molar-refractivity contribution is 9.10. The molecule has 3 aromatic rings. The van der Waals surface area contributed by atoms with E-state index in [4.69, 9.17) is 0 Å². The van der Waals surface area contributed by atoms with Crippen LogP contribution < -0.4 is 4.90 Å².